The van der Waals surface area contributed by atoms with Gasteiger partial charge in [0.05, 0.1) is 0 Å². The maximum absolute atomic E-state index is 5.04. The summed E-state index contributed by atoms with van der Waals surface area (Å²) in [5, 5.41) is 0. The van der Waals surface area contributed by atoms with Crippen molar-refractivity contribution in [3.05, 3.63) is 0 Å². The zero-order chi connectivity index (χ0) is 4.50. The molecule has 5 heteroatoms. The van der Waals surface area contributed by atoms with E-state index in [0.717, 1.165) is 0 Å². The van der Waals surface area contributed by atoms with Gasteiger partial charge in [-0.05, 0) is 0 Å². The van der Waals surface area contributed by atoms with Crippen LogP contribution in [0.25, 0.3) is 0 Å². The molecule has 0 nitrogen and oxygen atoms in total. The molecule has 0 rings (SSSR count). The maximum atomic E-state index is 5.04. The summed E-state index contributed by atoms with van der Waals surface area (Å²) in [6.07, 6.45) is 0. The standard InChI is InChI=1S/4ClH.Zr.H/h4*1H;;/q;;;;+4;-1/p-4. The number of halogens is 4. The molecule has 0 fully saturated rings. The van der Waals surface area contributed by atoms with Gasteiger partial charge in [0.1, 0.15) is 0 Å². The predicted octanol–water partition coefficient (Wildman–Crippen LogP) is 2.87. The smallest absolute Gasteiger partial charge is 1.00 e. The summed E-state index contributed by atoms with van der Waals surface area (Å²) in [5.41, 5.74) is 0. The molecule has 5 heavy (non-hydrogen) atoms. The van der Waals surface area contributed by atoms with Crippen molar-refractivity contribution in [3.8, 4) is 0 Å². The Morgan fingerprint density at radius 1 is 1.00 bits per heavy atom. The van der Waals surface area contributed by atoms with Crippen molar-refractivity contribution >= 4 is 34.1 Å². The van der Waals surface area contributed by atoms with Gasteiger partial charge in [-0.15, -0.1) is 0 Å². The Hall–Kier alpha value is 2.04. The van der Waals surface area contributed by atoms with Crippen LogP contribution in [-0.4, -0.2) is 0 Å². The molecule has 0 unspecified atom stereocenters. The van der Waals surface area contributed by atoms with Crippen LogP contribution >= 0.6 is 34.1 Å². The van der Waals surface area contributed by atoms with Gasteiger partial charge < -0.3 is 1.43 Å². The molecule has 0 aliphatic carbocycles. The molecule has 0 aliphatic rings. The minimum atomic E-state index is -3.29. The van der Waals surface area contributed by atoms with E-state index in [2.05, 4.69) is 0 Å². The Bertz CT molecular complexity index is 23.0. The third-order valence-corrected chi connectivity index (χ3v) is 0. The number of hydrogen-bond acceptors (Lipinski definition) is 0. The monoisotopic (exact) mass is 231 g/mol. The van der Waals surface area contributed by atoms with Crippen LogP contribution < -0.4 is 0 Å². The first kappa shape index (κ1) is 7.04. The first-order valence-electron chi connectivity index (χ1n) is 0.756. The third kappa shape index (κ3) is 23.7. The first-order chi connectivity index (χ1) is 2.00. The molecule has 0 saturated carbocycles. The van der Waals surface area contributed by atoms with Gasteiger partial charge in [0.2, 0.25) is 0 Å². The van der Waals surface area contributed by atoms with Gasteiger partial charge in [0.25, 0.3) is 0 Å². The van der Waals surface area contributed by atoms with Crippen LogP contribution in [0.3, 0.4) is 0 Å². The molecule has 34 valence electrons. The predicted molar refractivity (Wildman–Crippen MR) is 24.5 cm³/mol. The van der Waals surface area contributed by atoms with Crippen LogP contribution in [0.5, 0.6) is 0 Å². The summed E-state index contributed by atoms with van der Waals surface area (Å²) in [5.74, 6) is 0. The van der Waals surface area contributed by atoms with Gasteiger partial charge in [0, 0.05) is 0 Å². The zero-order valence-electron chi connectivity index (χ0n) is 3.01. The van der Waals surface area contributed by atoms with Crippen LogP contribution in [0.4, 0.5) is 0 Å². The molecule has 0 N–H and O–H groups in total. The van der Waals surface area contributed by atoms with Crippen LogP contribution in [-0.2, 0) is 15.5 Å². The van der Waals surface area contributed by atoms with E-state index in [0.29, 0.717) is 0 Å². The molecule has 0 aromatic carbocycles. The van der Waals surface area contributed by atoms with Crippen LogP contribution in [0.15, 0.2) is 0 Å². The topological polar surface area (TPSA) is 0 Å². The molecule has 0 heterocycles. The normalized spacial score (nSPS) is 12.0. The van der Waals surface area contributed by atoms with Crippen molar-refractivity contribution in [3.63, 3.8) is 0 Å². The molecule has 0 saturated heterocycles. The molecule has 0 radical (unpaired) electrons. The fourth-order valence-corrected chi connectivity index (χ4v) is 0. The van der Waals surface area contributed by atoms with Crippen molar-refractivity contribution in [2.45, 2.75) is 0 Å². The summed E-state index contributed by atoms with van der Waals surface area (Å²) in [6.45, 7) is 0. The van der Waals surface area contributed by atoms with E-state index in [1.165, 1.54) is 0 Å². The largest absolute Gasteiger partial charge is 1.00 e. The summed E-state index contributed by atoms with van der Waals surface area (Å²) in [4.78, 5) is 0. The second-order valence-electron chi connectivity index (χ2n) is 0.429. The van der Waals surface area contributed by atoms with Crippen molar-refractivity contribution in [2.24, 2.45) is 0 Å². The summed E-state index contributed by atoms with van der Waals surface area (Å²) >= 11 is -3.29. The average molecular weight is 234 g/mol. The Balaban J connectivity index is 0. The van der Waals surface area contributed by atoms with E-state index in [4.69, 9.17) is 34.1 Å². The fourth-order valence-electron chi connectivity index (χ4n) is 0. The van der Waals surface area contributed by atoms with Crippen molar-refractivity contribution in [2.75, 3.05) is 0 Å². The SMILES string of the molecule is [Cl][Zr]([Cl])([Cl])[Cl].[H-]. The molecule has 0 aromatic heterocycles. The second kappa shape index (κ2) is 2.38. The van der Waals surface area contributed by atoms with Gasteiger partial charge in [0.15, 0.2) is 0 Å². The van der Waals surface area contributed by atoms with Gasteiger partial charge >= 0.3 is 49.5 Å². The van der Waals surface area contributed by atoms with Gasteiger partial charge in [-0.25, -0.2) is 0 Å². The van der Waals surface area contributed by atoms with Crippen molar-refractivity contribution in [1.29, 1.82) is 0 Å². The molecular formula is HCl4Zr-. The minimum absolute atomic E-state index is 0. The Kier molecular flexibility index (Phi) is 3.35. The average Bonchev–Trinajstić information content (AvgIpc) is 0.722. The van der Waals surface area contributed by atoms with E-state index < -0.39 is 15.5 Å². The summed E-state index contributed by atoms with van der Waals surface area (Å²) < 4.78 is 0. The molecule has 0 bridgehead atoms. The van der Waals surface area contributed by atoms with Crippen LogP contribution in [0, 0.1) is 0 Å². The van der Waals surface area contributed by atoms with E-state index in [1.807, 2.05) is 0 Å². The Morgan fingerprint density at radius 3 is 1.00 bits per heavy atom. The molecule has 0 spiro atoms. The quantitative estimate of drug-likeness (QED) is 0.604. The van der Waals surface area contributed by atoms with E-state index in [-0.39, 0.29) is 1.43 Å². The Morgan fingerprint density at radius 2 is 1.00 bits per heavy atom. The molecule has 0 amide bonds. The number of hydrogen-bond donors (Lipinski definition) is 0. The van der Waals surface area contributed by atoms with Crippen LogP contribution in [0.1, 0.15) is 1.43 Å². The second-order valence-corrected chi connectivity index (χ2v) is 22.8. The van der Waals surface area contributed by atoms with E-state index >= 15 is 0 Å². The van der Waals surface area contributed by atoms with Crippen LogP contribution in [0.2, 0.25) is 0 Å². The minimum Gasteiger partial charge on any atom is -1.00 e. The third-order valence-electron chi connectivity index (χ3n) is 0. The first-order valence-corrected chi connectivity index (χ1v) is 13.4. The zero-order valence-corrected chi connectivity index (χ0v) is 7.49. The van der Waals surface area contributed by atoms with E-state index in [1.54, 1.807) is 0 Å². The summed E-state index contributed by atoms with van der Waals surface area (Å²) in [7, 11) is 20.1. The van der Waals surface area contributed by atoms with Crippen molar-refractivity contribution < 1.29 is 16.9 Å². The summed E-state index contributed by atoms with van der Waals surface area (Å²) in [6, 6.07) is 0. The van der Waals surface area contributed by atoms with Gasteiger partial charge in [-0.2, -0.15) is 0 Å². The fraction of sp³-hybridized carbons (Fsp3) is 0. The van der Waals surface area contributed by atoms with Gasteiger partial charge in [-0.3, -0.25) is 0 Å². The molecular weight excluding hydrogens is 233 g/mol. The van der Waals surface area contributed by atoms with Crippen molar-refractivity contribution in [1.82, 2.24) is 0 Å². The maximum Gasteiger partial charge on any atom is -1.00 e. The van der Waals surface area contributed by atoms with Gasteiger partial charge in [-0.1, -0.05) is 0 Å². The molecule has 0 aliphatic heterocycles. The molecule has 0 atom stereocenters. The van der Waals surface area contributed by atoms with E-state index in [9.17, 15) is 0 Å². The Labute approximate surface area is 50.4 Å². The number of rotatable bonds is 0. The molecule has 0 aromatic rings.